The number of aliphatic hydroxyl groups is 1. The van der Waals surface area contributed by atoms with Crippen molar-refractivity contribution in [1.82, 2.24) is 4.90 Å². The number of ether oxygens (including phenoxy) is 2. The Morgan fingerprint density at radius 1 is 1.38 bits per heavy atom. The lowest BCUT2D eigenvalue weighted by Gasteiger charge is -2.24. The normalized spacial score (nSPS) is 28.8. The molecular formula is C16H22FNO3. The highest BCUT2D eigenvalue weighted by molar-refractivity contribution is 5.21. The van der Waals surface area contributed by atoms with E-state index in [9.17, 15) is 9.50 Å². The third kappa shape index (κ3) is 3.20. The standard InChI is InChI=1S/C16H22FNO3/c17-14-2-4-15(5-3-14)21-7-1-6-18-8-13-9-20-12-16(13,10-18)11-19/h2-5,13,19H,1,6-12H2/t13-,16-/m0/s1. The number of hydrogen-bond donors (Lipinski definition) is 1. The maximum atomic E-state index is 12.8. The fraction of sp³-hybridized carbons (Fsp3) is 0.625. The molecule has 2 saturated heterocycles. The van der Waals surface area contributed by atoms with Crippen LogP contribution in [0.4, 0.5) is 4.39 Å². The first-order valence-corrected chi connectivity index (χ1v) is 7.51. The quantitative estimate of drug-likeness (QED) is 0.808. The average molecular weight is 295 g/mol. The van der Waals surface area contributed by atoms with E-state index in [1.165, 1.54) is 12.1 Å². The lowest BCUT2D eigenvalue weighted by atomic mass is 9.82. The summed E-state index contributed by atoms with van der Waals surface area (Å²) in [6, 6.07) is 6.10. The summed E-state index contributed by atoms with van der Waals surface area (Å²) in [4.78, 5) is 2.39. The summed E-state index contributed by atoms with van der Waals surface area (Å²) in [5, 5.41) is 9.63. The number of benzene rings is 1. The van der Waals surface area contributed by atoms with Gasteiger partial charge in [0.1, 0.15) is 11.6 Å². The molecule has 116 valence electrons. The molecule has 0 radical (unpaired) electrons. The molecule has 2 atom stereocenters. The largest absolute Gasteiger partial charge is 0.494 e. The molecule has 1 aromatic rings. The molecule has 5 heteroatoms. The Morgan fingerprint density at radius 2 is 2.19 bits per heavy atom. The fourth-order valence-corrected chi connectivity index (χ4v) is 3.35. The Kier molecular flexibility index (Phi) is 4.42. The molecule has 4 nitrogen and oxygen atoms in total. The van der Waals surface area contributed by atoms with Crippen LogP contribution in [0, 0.1) is 17.2 Å². The van der Waals surface area contributed by atoms with Gasteiger partial charge in [0.05, 0.1) is 26.4 Å². The number of aliphatic hydroxyl groups excluding tert-OH is 1. The summed E-state index contributed by atoms with van der Waals surface area (Å²) < 4.78 is 23.9. The van der Waals surface area contributed by atoms with Gasteiger partial charge in [0.25, 0.3) is 0 Å². The summed E-state index contributed by atoms with van der Waals surface area (Å²) in [6.45, 7) is 5.14. The molecule has 0 bridgehead atoms. The molecule has 1 N–H and O–H groups in total. The van der Waals surface area contributed by atoms with Gasteiger partial charge >= 0.3 is 0 Å². The van der Waals surface area contributed by atoms with Crippen LogP contribution in [0.5, 0.6) is 5.75 Å². The molecule has 21 heavy (non-hydrogen) atoms. The van der Waals surface area contributed by atoms with Gasteiger partial charge in [0.15, 0.2) is 0 Å². The van der Waals surface area contributed by atoms with E-state index in [-0.39, 0.29) is 17.8 Å². The summed E-state index contributed by atoms with van der Waals surface area (Å²) >= 11 is 0. The predicted octanol–water partition coefficient (Wildman–Crippen LogP) is 1.54. The number of nitrogens with zero attached hydrogens (tertiary/aromatic N) is 1. The first kappa shape index (κ1) is 14.8. The number of likely N-dealkylation sites (tertiary alicyclic amines) is 1. The van der Waals surface area contributed by atoms with Crippen molar-refractivity contribution >= 4 is 0 Å². The number of rotatable bonds is 6. The topological polar surface area (TPSA) is 41.9 Å². The number of fused-ring (bicyclic) bond motifs is 1. The van der Waals surface area contributed by atoms with E-state index in [1.54, 1.807) is 12.1 Å². The van der Waals surface area contributed by atoms with E-state index < -0.39 is 0 Å². The van der Waals surface area contributed by atoms with Crippen molar-refractivity contribution in [2.45, 2.75) is 6.42 Å². The second kappa shape index (κ2) is 6.30. The molecule has 3 rings (SSSR count). The van der Waals surface area contributed by atoms with Gasteiger partial charge in [-0.15, -0.1) is 0 Å². The molecule has 0 aromatic heterocycles. The molecule has 2 heterocycles. The van der Waals surface area contributed by atoms with Crippen molar-refractivity contribution < 1.29 is 19.0 Å². The first-order valence-electron chi connectivity index (χ1n) is 7.51. The molecule has 2 aliphatic heterocycles. The van der Waals surface area contributed by atoms with Gasteiger partial charge in [0.2, 0.25) is 0 Å². The van der Waals surface area contributed by atoms with E-state index in [0.717, 1.165) is 32.7 Å². The SMILES string of the molecule is OC[C@@]12COC[C@@H]1CN(CCCOc1ccc(F)cc1)C2. The lowest BCUT2D eigenvalue weighted by Crippen LogP contribution is -2.34. The molecule has 0 unspecified atom stereocenters. The zero-order chi connectivity index (χ0) is 14.7. The zero-order valence-electron chi connectivity index (χ0n) is 12.1. The molecule has 2 aliphatic rings. The molecule has 0 spiro atoms. The van der Waals surface area contributed by atoms with Gasteiger partial charge in [-0.05, 0) is 30.7 Å². The monoisotopic (exact) mass is 295 g/mol. The highest BCUT2D eigenvalue weighted by Crippen LogP contribution is 2.40. The van der Waals surface area contributed by atoms with Crippen LogP contribution in [0.15, 0.2) is 24.3 Å². The number of halogens is 1. The van der Waals surface area contributed by atoms with Gasteiger partial charge in [0, 0.05) is 31.0 Å². The van der Waals surface area contributed by atoms with Crippen LogP contribution in [0.3, 0.4) is 0 Å². The minimum Gasteiger partial charge on any atom is -0.494 e. The van der Waals surface area contributed by atoms with E-state index >= 15 is 0 Å². The second-order valence-electron chi connectivity index (χ2n) is 6.12. The van der Waals surface area contributed by atoms with E-state index in [4.69, 9.17) is 9.47 Å². The highest BCUT2D eigenvalue weighted by atomic mass is 19.1. The van der Waals surface area contributed by atoms with Gasteiger partial charge in [-0.3, -0.25) is 0 Å². The van der Waals surface area contributed by atoms with Crippen molar-refractivity contribution in [3.63, 3.8) is 0 Å². The van der Waals surface area contributed by atoms with Gasteiger partial charge in [-0.2, -0.15) is 0 Å². The Morgan fingerprint density at radius 3 is 2.90 bits per heavy atom. The molecule has 1 aromatic carbocycles. The second-order valence-corrected chi connectivity index (χ2v) is 6.12. The lowest BCUT2D eigenvalue weighted by molar-refractivity contribution is 0.0805. The van der Waals surface area contributed by atoms with Crippen molar-refractivity contribution in [2.75, 3.05) is 46.1 Å². The Labute approximate surface area is 124 Å². The Balaban J connectivity index is 1.40. The van der Waals surface area contributed by atoms with Gasteiger partial charge in [-0.1, -0.05) is 0 Å². The third-order valence-electron chi connectivity index (χ3n) is 4.61. The van der Waals surface area contributed by atoms with Crippen LogP contribution in [-0.4, -0.2) is 56.1 Å². The summed E-state index contributed by atoms with van der Waals surface area (Å²) in [5.41, 5.74) is -0.0438. The summed E-state index contributed by atoms with van der Waals surface area (Å²) in [6.07, 6.45) is 0.923. The zero-order valence-corrected chi connectivity index (χ0v) is 12.1. The Hall–Kier alpha value is -1.17. The predicted molar refractivity (Wildman–Crippen MR) is 76.8 cm³/mol. The molecule has 0 aliphatic carbocycles. The van der Waals surface area contributed by atoms with Crippen molar-refractivity contribution in [2.24, 2.45) is 11.3 Å². The molecular weight excluding hydrogens is 273 g/mol. The molecule has 0 saturated carbocycles. The summed E-state index contributed by atoms with van der Waals surface area (Å²) in [5.74, 6) is 0.915. The van der Waals surface area contributed by atoms with Crippen LogP contribution in [0.25, 0.3) is 0 Å². The van der Waals surface area contributed by atoms with Gasteiger partial charge < -0.3 is 19.5 Å². The van der Waals surface area contributed by atoms with Crippen molar-refractivity contribution in [3.8, 4) is 5.75 Å². The third-order valence-corrected chi connectivity index (χ3v) is 4.61. The van der Waals surface area contributed by atoms with Crippen LogP contribution in [-0.2, 0) is 4.74 Å². The van der Waals surface area contributed by atoms with Crippen LogP contribution < -0.4 is 4.74 Å². The fourth-order valence-electron chi connectivity index (χ4n) is 3.35. The van der Waals surface area contributed by atoms with E-state index in [1.807, 2.05) is 0 Å². The summed E-state index contributed by atoms with van der Waals surface area (Å²) in [7, 11) is 0. The van der Waals surface area contributed by atoms with Gasteiger partial charge in [-0.25, -0.2) is 4.39 Å². The minimum atomic E-state index is -0.248. The molecule has 2 fully saturated rings. The minimum absolute atomic E-state index is 0.0438. The number of hydrogen-bond acceptors (Lipinski definition) is 4. The Bertz CT molecular complexity index is 467. The van der Waals surface area contributed by atoms with E-state index in [0.29, 0.717) is 24.9 Å². The smallest absolute Gasteiger partial charge is 0.123 e. The highest BCUT2D eigenvalue weighted by Gasteiger charge is 2.49. The molecule has 0 amide bonds. The van der Waals surface area contributed by atoms with Crippen molar-refractivity contribution in [3.05, 3.63) is 30.1 Å². The average Bonchev–Trinajstić information content (AvgIpc) is 3.02. The maximum Gasteiger partial charge on any atom is 0.123 e. The van der Waals surface area contributed by atoms with Crippen molar-refractivity contribution in [1.29, 1.82) is 0 Å². The first-order chi connectivity index (χ1) is 10.2. The van der Waals surface area contributed by atoms with Crippen LogP contribution in [0.2, 0.25) is 0 Å². The van der Waals surface area contributed by atoms with E-state index in [2.05, 4.69) is 4.90 Å². The van der Waals surface area contributed by atoms with Crippen LogP contribution in [0.1, 0.15) is 6.42 Å². The van der Waals surface area contributed by atoms with Crippen LogP contribution >= 0.6 is 0 Å². The maximum absolute atomic E-state index is 12.8.